The molecule has 2 rings (SSSR count). The van der Waals surface area contributed by atoms with E-state index < -0.39 is 0 Å². The summed E-state index contributed by atoms with van der Waals surface area (Å²) in [5.41, 5.74) is 7.84. The van der Waals surface area contributed by atoms with Crippen LogP contribution in [-0.4, -0.2) is 56.1 Å². The summed E-state index contributed by atoms with van der Waals surface area (Å²) in [6.45, 7) is 4.16. The van der Waals surface area contributed by atoms with Crippen LogP contribution in [0.3, 0.4) is 0 Å². The summed E-state index contributed by atoms with van der Waals surface area (Å²) in [7, 11) is 4.31. The predicted molar refractivity (Wildman–Crippen MR) is 78.0 cm³/mol. The Labute approximate surface area is 114 Å². The van der Waals surface area contributed by atoms with Crippen LogP contribution in [0.1, 0.15) is 5.56 Å². The molecular formula is C14H21N5. The molecule has 1 aromatic carbocycles. The summed E-state index contributed by atoms with van der Waals surface area (Å²) < 4.78 is 0. The van der Waals surface area contributed by atoms with Gasteiger partial charge in [-0.3, -0.25) is 4.90 Å². The Morgan fingerprint density at radius 3 is 2.89 bits per heavy atom. The van der Waals surface area contributed by atoms with Gasteiger partial charge in [0.1, 0.15) is 6.07 Å². The number of nitrogens with one attached hydrogen (secondary N) is 1. The molecule has 1 aromatic rings. The minimum absolute atomic E-state index is 0.496. The SMILES string of the molecule is CN1CCN(C)C(CNc2ccc(C#N)c(N)c2)C1. The van der Waals surface area contributed by atoms with Crippen molar-refractivity contribution in [2.24, 2.45) is 0 Å². The smallest absolute Gasteiger partial charge is 0.101 e. The van der Waals surface area contributed by atoms with E-state index in [0.717, 1.165) is 31.9 Å². The number of rotatable bonds is 3. The standard InChI is InChI=1S/C14H21N5/c1-18-5-6-19(2)13(10-18)9-17-12-4-3-11(8-15)14(16)7-12/h3-4,7,13,17H,5-6,9-10,16H2,1-2H3. The highest BCUT2D eigenvalue weighted by molar-refractivity contribution is 5.62. The van der Waals surface area contributed by atoms with Crippen molar-refractivity contribution < 1.29 is 0 Å². The van der Waals surface area contributed by atoms with Gasteiger partial charge >= 0.3 is 0 Å². The number of hydrogen-bond acceptors (Lipinski definition) is 5. The number of nitriles is 1. The summed E-state index contributed by atoms with van der Waals surface area (Å²) in [5.74, 6) is 0. The van der Waals surface area contributed by atoms with Gasteiger partial charge in [-0.1, -0.05) is 0 Å². The minimum Gasteiger partial charge on any atom is -0.398 e. The molecule has 1 heterocycles. The average Bonchev–Trinajstić information content (AvgIpc) is 2.40. The zero-order chi connectivity index (χ0) is 13.8. The van der Waals surface area contributed by atoms with Gasteiger partial charge in [0, 0.05) is 37.9 Å². The summed E-state index contributed by atoms with van der Waals surface area (Å²) in [4.78, 5) is 4.72. The van der Waals surface area contributed by atoms with E-state index in [1.165, 1.54) is 0 Å². The third kappa shape index (κ3) is 3.37. The Morgan fingerprint density at radius 2 is 2.21 bits per heavy atom. The molecule has 3 N–H and O–H groups in total. The fourth-order valence-corrected chi connectivity index (χ4v) is 2.33. The van der Waals surface area contributed by atoms with Crippen molar-refractivity contribution in [2.75, 3.05) is 51.3 Å². The lowest BCUT2D eigenvalue weighted by Gasteiger charge is -2.37. The third-order valence-electron chi connectivity index (χ3n) is 3.69. The van der Waals surface area contributed by atoms with Crippen LogP contribution >= 0.6 is 0 Å². The number of likely N-dealkylation sites (N-methyl/N-ethyl adjacent to an activating group) is 2. The Bertz CT molecular complexity index is 479. The maximum Gasteiger partial charge on any atom is 0.101 e. The van der Waals surface area contributed by atoms with Gasteiger partial charge in [-0.05, 0) is 32.3 Å². The Morgan fingerprint density at radius 1 is 1.42 bits per heavy atom. The lowest BCUT2D eigenvalue weighted by atomic mass is 10.1. The van der Waals surface area contributed by atoms with Gasteiger partial charge in [0.25, 0.3) is 0 Å². The molecule has 102 valence electrons. The van der Waals surface area contributed by atoms with Crippen LogP contribution in [0.5, 0.6) is 0 Å². The summed E-state index contributed by atoms with van der Waals surface area (Å²) in [6.07, 6.45) is 0. The summed E-state index contributed by atoms with van der Waals surface area (Å²) in [6, 6.07) is 8.06. The average molecular weight is 259 g/mol. The minimum atomic E-state index is 0.496. The monoisotopic (exact) mass is 259 g/mol. The van der Waals surface area contributed by atoms with Gasteiger partial charge in [-0.2, -0.15) is 5.26 Å². The molecule has 19 heavy (non-hydrogen) atoms. The maximum atomic E-state index is 8.84. The molecule has 1 unspecified atom stereocenters. The quantitative estimate of drug-likeness (QED) is 0.786. The van der Waals surface area contributed by atoms with Crippen LogP contribution in [0, 0.1) is 11.3 Å². The molecule has 0 saturated carbocycles. The van der Waals surface area contributed by atoms with E-state index in [0.29, 0.717) is 17.3 Å². The zero-order valence-corrected chi connectivity index (χ0v) is 11.6. The summed E-state index contributed by atoms with van der Waals surface area (Å²) in [5, 5.41) is 12.2. The van der Waals surface area contributed by atoms with Gasteiger partial charge in [0.15, 0.2) is 0 Å². The summed E-state index contributed by atoms with van der Waals surface area (Å²) >= 11 is 0. The van der Waals surface area contributed by atoms with Crippen LogP contribution < -0.4 is 11.1 Å². The topological polar surface area (TPSA) is 68.3 Å². The van der Waals surface area contributed by atoms with Gasteiger partial charge in [0.05, 0.1) is 11.3 Å². The molecule has 0 amide bonds. The van der Waals surface area contributed by atoms with Crippen molar-refractivity contribution in [2.45, 2.75) is 6.04 Å². The molecule has 0 bridgehead atoms. The molecule has 1 aliphatic rings. The predicted octanol–water partition coefficient (Wildman–Crippen LogP) is 0.798. The van der Waals surface area contributed by atoms with Gasteiger partial charge in [0.2, 0.25) is 0 Å². The molecule has 5 heteroatoms. The number of piperazine rings is 1. The molecule has 1 atom stereocenters. The highest BCUT2D eigenvalue weighted by atomic mass is 15.3. The van der Waals surface area contributed by atoms with Crippen LogP contribution in [0.4, 0.5) is 11.4 Å². The van der Waals surface area contributed by atoms with E-state index in [9.17, 15) is 0 Å². The van der Waals surface area contributed by atoms with Crippen molar-refractivity contribution in [1.82, 2.24) is 9.80 Å². The van der Waals surface area contributed by atoms with E-state index in [1.807, 2.05) is 12.1 Å². The molecule has 1 fully saturated rings. The van der Waals surface area contributed by atoms with Gasteiger partial charge < -0.3 is 16.0 Å². The highest BCUT2D eigenvalue weighted by Gasteiger charge is 2.21. The second-order valence-corrected chi connectivity index (χ2v) is 5.19. The number of nitrogens with zero attached hydrogens (tertiary/aromatic N) is 3. The molecule has 0 spiro atoms. The Balaban J connectivity index is 1.95. The number of anilines is 2. The van der Waals surface area contributed by atoms with E-state index in [2.05, 4.69) is 35.3 Å². The van der Waals surface area contributed by atoms with Gasteiger partial charge in [-0.15, -0.1) is 0 Å². The van der Waals surface area contributed by atoms with E-state index in [-0.39, 0.29) is 0 Å². The second-order valence-electron chi connectivity index (χ2n) is 5.19. The number of nitrogen functional groups attached to an aromatic ring is 1. The van der Waals surface area contributed by atoms with Gasteiger partial charge in [-0.25, -0.2) is 0 Å². The highest BCUT2D eigenvalue weighted by Crippen LogP contribution is 2.17. The van der Waals surface area contributed by atoms with E-state index in [4.69, 9.17) is 11.0 Å². The first-order chi connectivity index (χ1) is 9.10. The molecule has 0 aliphatic carbocycles. The largest absolute Gasteiger partial charge is 0.398 e. The number of hydrogen-bond donors (Lipinski definition) is 2. The zero-order valence-electron chi connectivity index (χ0n) is 11.6. The lowest BCUT2D eigenvalue weighted by Crippen LogP contribution is -2.52. The van der Waals surface area contributed by atoms with Crippen molar-refractivity contribution in [3.63, 3.8) is 0 Å². The van der Waals surface area contributed by atoms with E-state index >= 15 is 0 Å². The Kier molecular flexibility index (Phi) is 4.25. The fraction of sp³-hybridized carbons (Fsp3) is 0.500. The first kappa shape index (κ1) is 13.7. The molecule has 1 saturated heterocycles. The van der Waals surface area contributed by atoms with Crippen molar-refractivity contribution in [3.8, 4) is 6.07 Å². The molecule has 0 aromatic heterocycles. The van der Waals surface area contributed by atoms with Crippen LogP contribution in [0.25, 0.3) is 0 Å². The normalized spacial score (nSPS) is 21.0. The Hall–Kier alpha value is -1.77. The lowest BCUT2D eigenvalue weighted by molar-refractivity contribution is 0.122. The van der Waals surface area contributed by atoms with E-state index in [1.54, 1.807) is 6.07 Å². The van der Waals surface area contributed by atoms with Crippen molar-refractivity contribution in [3.05, 3.63) is 23.8 Å². The third-order valence-corrected chi connectivity index (χ3v) is 3.69. The molecule has 5 nitrogen and oxygen atoms in total. The van der Waals surface area contributed by atoms with Crippen molar-refractivity contribution >= 4 is 11.4 Å². The van der Waals surface area contributed by atoms with Crippen LogP contribution in [-0.2, 0) is 0 Å². The number of benzene rings is 1. The van der Waals surface area contributed by atoms with Crippen LogP contribution in [0.15, 0.2) is 18.2 Å². The molecule has 1 aliphatic heterocycles. The molecule has 0 radical (unpaired) electrons. The first-order valence-corrected chi connectivity index (χ1v) is 6.52. The maximum absolute atomic E-state index is 8.84. The first-order valence-electron chi connectivity index (χ1n) is 6.52. The number of nitrogens with two attached hydrogens (primary N) is 1. The fourth-order valence-electron chi connectivity index (χ4n) is 2.33. The van der Waals surface area contributed by atoms with Crippen molar-refractivity contribution in [1.29, 1.82) is 5.26 Å². The second kappa shape index (κ2) is 5.91. The van der Waals surface area contributed by atoms with Crippen LogP contribution in [0.2, 0.25) is 0 Å². The molecular weight excluding hydrogens is 238 g/mol.